The molecule has 0 heterocycles. The number of allylic oxidation sites excluding steroid dienone is 1. The number of nitrogens with one attached hydrogen (secondary N) is 1. The zero-order valence-corrected chi connectivity index (χ0v) is 6.95. The smallest absolute Gasteiger partial charge is 0.154 e. The average molecular weight is 161 g/mol. The van der Waals surface area contributed by atoms with Gasteiger partial charge in [-0.1, -0.05) is 18.2 Å². The highest BCUT2D eigenvalue weighted by atomic mass is 16.1. The summed E-state index contributed by atoms with van der Waals surface area (Å²) in [5.41, 5.74) is 0.981. The molecule has 2 heteroatoms. The standard InChI is InChI=1S/C10H11NO/c1-9(12)7-8-11-10-5-3-2-4-6-10/h2-8,11H,1H3. The van der Waals surface area contributed by atoms with Crippen LogP contribution in [0.25, 0.3) is 0 Å². The van der Waals surface area contributed by atoms with E-state index in [1.165, 1.54) is 13.0 Å². The van der Waals surface area contributed by atoms with Crippen molar-refractivity contribution in [3.8, 4) is 0 Å². The van der Waals surface area contributed by atoms with Gasteiger partial charge in [0.2, 0.25) is 0 Å². The first-order chi connectivity index (χ1) is 5.79. The zero-order chi connectivity index (χ0) is 8.81. The van der Waals surface area contributed by atoms with Gasteiger partial charge < -0.3 is 5.32 Å². The Morgan fingerprint density at radius 1 is 1.33 bits per heavy atom. The van der Waals surface area contributed by atoms with Gasteiger partial charge in [0.25, 0.3) is 0 Å². The quantitative estimate of drug-likeness (QED) is 0.688. The van der Waals surface area contributed by atoms with Crippen LogP contribution in [0.3, 0.4) is 0 Å². The van der Waals surface area contributed by atoms with Gasteiger partial charge in [-0.3, -0.25) is 4.79 Å². The van der Waals surface area contributed by atoms with Crippen LogP contribution in [0.15, 0.2) is 42.6 Å². The van der Waals surface area contributed by atoms with Crippen molar-refractivity contribution in [1.29, 1.82) is 0 Å². The lowest BCUT2D eigenvalue weighted by Gasteiger charge is -1.97. The molecule has 0 aliphatic rings. The normalized spacial score (nSPS) is 10.1. The van der Waals surface area contributed by atoms with Gasteiger partial charge in [0.1, 0.15) is 0 Å². The van der Waals surface area contributed by atoms with Crippen molar-refractivity contribution in [3.05, 3.63) is 42.6 Å². The van der Waals surface area contributed by atoms with Gasteiger partial charge in [0, 0.05) is 11.9 Å². The molecule has 0 saturated carbocycles. The molecule has 0 unspecified atom stereocenters. The molecule has 0 spiro atoms. The van der Waals surface area contributed by atoms with Gasteiger partial charge in [-0.2, -0.15) is 0 Å². The highest BCUT2D eigenvalue weighted by Crippen LogP contribution is 2.03. The molecular weight excluding hydrogens is 150 g/mol. The van der Waals surface area contributed by atoms with Crippen LogP contribution in [-0.2, 0) is 4.79 Å². The minimum Gasteiger partial charge on any atom is -0.362 e. The fourth-order valence-electron chi connectivity index (χ4n) is 0.790. The van der Waals surface area contributed by atoms with Crippen LogP contribution in [0.4, 0.5) is 5.69 Å². The summed E-state index contributed by atoms with van der Waals surface area (Å²) in [4.78, 5) is 10.5. The molecule has 0 saturated heterocycles. The van der Waals surface area contributed by atoms with Gasteiger partial charge in [-0.15, -0.1) is 0 Å². The summed E-state index contributed by atoms with van der Waals surface area (Å²) in [6.07, 6.45) is 3.13. The molecule has 0 aromatic heterocycles. The van der Waals surface area contributed by atoms with Crippen LogP contribution < -0.4 is 5.32 Å². The van der Waals surface area contributed by atoms with E-state index in [0.717, 1.165) is 5.69 Å². The van der Waals surface area contributed by atoms with Crippen molar-refractivity contribution >= 4 is 11.5 Å². The Bertz CT molecular complexity index is 277. The van der Waals surface area contributed by atoms with Crippen LogP contribution in [0.5, 0.6) is 0 Å². The number of anilines is 1. The van der Waals surface area contributed by atoms with Crippen molar-refractivity contribution in [1.82, 2.24) is 0 Å². The van der Waals surface area contributed by atoms with E-state index in [-0.39, 0.29) is 5.78 Å². The van der Waals surface area contributed by atoms with E-state index < -0.39 is 0 Å². The van der Waals surface area contributed by atoms with E-state index in [4.69, 9.17) is 0 Å². The molecule has 0 bridgehead atoms. The highest BCUT2D eigenvalue weighted by Gasteiger charge is 1.84. The zero-order valence-electron chi connectivity index (χ0n) is 6.95. The predicted octanol–water partition coefficient (Wildman–Crippen LogP) is 2.20. The van der Waals surface area contributed by atoms with Gasteiger partial charge in [0.05, 0.1) is 0 Å². The first-order valence-corrected chi connectivity index (χ1v) is 3.78. The summed E-state index contributed by atoms with van der Waals surface area (Å²) in [6.45, 7) is 1.52. The second-order valence-corrected chi connectivity index (χ2v) is 2.45. The Kier molecular flexibility index (Phi) is 3.08. The third-order valence-electron chi connectivity index (χ3n) is 1.34. The van der Waals surface area contributed by atoms with Gasteiger partial charge >= 0.3 is 0 Å². The minimum atomic E-state index is 0.0402. The summed E-state index contributed by atoms with van der Waals surface area (Å²) in [6, 6.07) is 9.68. The second kappa shape index (κ2) is 4.34. The highest BCUT2D eigenvalue weighted by molar-refractivity contribution is 5.87. The van der Waals surface area contributed by atoms with Crippen LogP contribution in [0.2, 0.25) is 0 Å². The molecule has 1 N–H and O–H groups in total. The average Bonchev–Trinajstić information content (AvgIpc) is 2.05. The van der Waals surface area contributed by atoms with Crippen LogP contribution in [0, 0.1) is 0 Å². The number of carbonyl (C=O) groups is 1. The molecule has 1 aromatic carbocycles. The third kappa shape index (κ3) is 3.01. The number of carbonyl (C=O) groups excluding carboxylic acids is 1. The van der Waals surface area contributed by atoms with E-state index in [2.05, 4.69) is 5.32 Å². The Balaban J connectivity index is 2.49. The lowest BCUT2D eigenvalue weighted by Crippen LogP contribution is -1.88. The van der Waals surface area contributed by atoms with Gasteiger partial charge in [-0.05, 0) is 25.1 Å². The van der Waals surface area contributed by atoms with Crippen molar-refractivity contribution in [2.24, 2.45) is 0 Å². The maximum Gasteiger partial charge on any atom is 0.154 e. The molecule has 0 amide bonds. The summed E-state index contributed by atoms with van der Waals surface area (Å²) in [5, 5.41) is 2.97. The third-order valence-corrected chi connectivity index (χ3v) is 1.34. The Hall–Kier alpha value is -1.57. The van der Waals surface area contributed by atoms with E-state index in [1.54, 1.807) is 6.20 Å². The summed E-state index contributed by atoms with van der Waals surface area (Å²) < 4.78 is 0. The lowest BCUT2D eigenvalue weighted by atomic mass is 10.3. The molecule has 0 aliphatic carbocycles. The maximum atomic E-state index is 10.5. The molecule has 12 heavy (non-hydrogen) atoms. The number of hydrogen-bond acceptors (Lipinski definition) is 2. The number of rotatable bonds is 3. The fourth-order valence-corrected chi connectivity index (χ4v) is 0.790. The van der Waals surface area contributed by atoms with Crippen molar-refractivity contribution < 1.29 is 4.79 Å². The van der Waals surface area contributed by atoms with E-state index in [9.17, 15) is 4.79 Å². The number of para-hydroxylation sites is 1. The van der Waals surface area contributed by atoms with Gasteiger partial charge in [-0.25, -0.2) is 0 Å². The Morgan fingerprint density at radius 3 is 2.58 bits per heavy atom. The first kappa shape index (κ1) is 8.53. The number of hydrogen-bond donors (Lipinski definition) is 1. The Labute approximate surface area is 71.9 Å². The molecule has 0 aliphatic heterocycles. The molecule has 0 atom stereocenters. The maximum absolute atomic E-state index is 10.5. The predicted molar refractivity (Wildman–Crippen MR) is 49.9 cm³/mol. The monoisotopic (exact) mass is 161 g/mol. The fraction of sp³-hybridized carbons (Fsp3) is 0.100. The summed E-state index contributed by atoms with van der Waals surface area (Å²) in [5.74, 6) is 0.0402. The molecule has 0 radical (unpaired) electrons. The first-order valence-electron chi connectivity index (χ1n) is 3.78. The minimum absolute atomic E-state index is 0.0402. The molecular formula is C10H11NO. The van der Waals surface area contributed by atoms with Crippen molar-refractivity contribution in [3.63, 3.8) is 0 Å². The molecule has 2 nitrogen and oxygen atoms in total. The van der Waals surface area contributed by atoms with Gasteiger partial charge in [0.15, 0.2) is 5.78 Å². The lowest BCUT2D eigenvalue weighted by molar-refractivity contribution is -0.112. The molecule has 62 valence electrons. The molecule has 0 fully saturated rings. The van der Waals surface area contributed by atoms with Crippen LogP contribution in [0.1, 0.15) is 6.92 Å². The largest absolute Gasteiger partial charge is 0.362 e. The summed E-state index contributed by atoms with van der Waals surface area (Å²) in [7, 11) is 0. The van der Waals surface area contributed by atoms with Crippen molar-refractivity contribution in [2.45, 2.75) is 6.92 Å². The number of benzene rings is 1. The van der Waals surface area contributed by atoms with Crippen LogP contribution >= 0.6 is 0 Å². The Morgan fingerprint density at radius 2 is 2.00 bits per heavy atom. The molecule has 1 aromatic rings. The molecule has 1 rings (SSSR count). The second-order valence-electron chi connectivity index (χ2n) is 2.45. The van der Waals surface area contributed by atoms with Crippen molar-refractivity contribution in [2.75, 3.05) is 5.32 Å². The van der Waals surface area contributed by atoms with E-state index in [1.807, 2.05) is 30.3 Å². The van der Waals surface area contributed by atoms with E-state index >= 15 is 0 Å². The number of ketones is 1. The topological polar surface area (TPSA) is 29.1 Å². The van der Waals surface area contributed by atoms with Crippen LogP contribution in [-0.4, -0.2) is 5.78 Å². The van der Waals surface area contributed by atoms with E-state index in [0.29, 0.717) is 0 Å². The SMILES string of the molecule is CC(=O)C=CNc1ccccc1. The summed E-state index contributed by atoms with van der Waals surface area (Å²) >= 11 is 0.